The van der Waals surface area contributed by atoms with E-state index < -0.39 is 0 Å². The minimum absolute atomic E-state index is 0.0963. The first-order chi connectivity index (χ1) is 9.56. The number of aromatic nitrogens is 1. The molecule has 0 saturated carbocycles. The molecule has 1 heterocycles. The summed E-state index contributed by atoms with van der Waals surface area (Å²) in [7, 11) is 0. The Bertz CT molecular complexity index is 579. The number of benzene rings is 1. The second-order valence-corrected chi connectivity index (χ2v) is 5.28. The van der Waals surface area contributed by atoms with E-state index in [-0.39, 0.29) is 5.91 Å². The summed E-state index contributed by atoms with van der Waals surface area (Å²) in [5, 5.41) is 2.98. The van der Waals surface area contributed by atoms with Gasteiger partial charge in [-0.2, -0.15) is 0 Å². The van der Waals surface area contributed by atoms with Gasteiger partial charge >= 0.3 is 0 Å². The predicted molar refractivity (Wildman–Crippen MR) is 81.5 cm³/mol. The molecular formula is C17H22N2O. The van der Waals surface area contributed by atoms with Crippen molar-refractivity contribution in [3.63, 3.8) is 0 Å². The summed E-state index contributed by atoms with van der Waals surface area (Å²) < 4.78 is 2.17. The summed E-state index contributed by atoms with van der Waals surface area (Å²) in [6, 6.07) is 12.4. The lowest BCUT2D eigenvalue weighted by atomic mass is 10.1. The molecule has 0 atom stereocenters. The van der Waals surface area contributed by atoms with Gasteiger partial charge in [0.1, 0.15) is 0 Å². The van der Waals surface area contributed by atoms with Crippen LogP contribution in [0.4, 0.5) is 0 Å². The fourth-order valence-electron chi connectivity index (χ4n) is 2.38. The lowest BCUT2D eigenvalue weighted by Gasteiger charge is -2.10. The highest BCUT2D eigenvalue weighted by atomic mass is 16.1. The van der Waals surface area contributed by atoms with E-state index in [1.54, 1.807) is 0 Å². The molecule has 0 radical (unpaired) electrons. The summed E-state index contributed by atoms with van der Waals surface area (Å²) in [6.45, 7) is 7.53. The van der Waals surface area contributed by atoms with E-state index in [2.05, 4.69) is 54.9 Å². The van der Waals surface area contributed by atoms with E-state index in [4.69, 9.17) is 0 Å². The van der Waals surface area contributed by atoms with Crippen LogP contribution in [0.1, 0.15) is 28.9 Å². The highest BCUT2D eigenvalue weighted by Gasteiger charge is 2.05. The molecule has 0 unspecified atom stereocenters. The van der Waals surface area contributed by atoms with Crippen LogP contribution in [0.25, 0.3) is 0 Å². The Hall–Kier alpha value is -2.03. The zero-order chi connectivity index (χ0) is 14.5. The van der Waals surface area contributed by atoms with Crippen molar-refractivity contribution in [3.05, 3.63) is 58.9 Å². The normalized spacial score (nSPS) is 10.6. The number of hydrogen-bond acceptors (Lipinski definition) is 1. The molecule has 0 aliphatic carbocycles. The second kappa shape index (κ2) is 6.42. The fraction of sp³-hybridized carbons (Fsp3) is 0.353. The van der Waals surface area contributed by atoms with E-state index in [0.29, 0.717) is 13.0 Å². The highest BCUT2D eigenvalue weighted by Crippen LogP contribution is 2.08. The van der Waals surface area contributed by atoms with Gasteiger partial charge in [-0.05, 0) is 38.5 Å². The zero-order valence-corrected chi connectivity index (χ0v) is 12.4. The van der Waals surface area contributed by atoms with Crippen molar-refractivity contribution in [1.29, 1.82) is 0 Å². The molecular weight excluding hydrogens is 248 g/mol. The van der Waals surface area contributed by atoms with E-state index >= 15 is 0 Å². The molecule has 0 saturated heterocycles. The number of nitrogens with zero attached hydrogens (tertiary/aromatic N) is 1. The first-order valence-corrected chi connectivity index (χ1v) is 7.01. The molecule has 20 heavy (non-hydrogen) atoms. The van der Waals surface area contributed by atoms with Crippen LogP contribution in [0.2, 0.25) is 0 Å². The van der Waals surface area contributed by atoms with Crippen molar-refractivity contribution in [3.8, 4) is 0 Å². The Kier molecular flexibility index (Phi) is 4.61. The van der Waals surface area contributed by atoms with Gasteiger partial charge in [0.15, 0.2) is 0 Å². The zero-order valence-electron chi connectivity index (χ0n) is 12.4. The van der Waals surface area contributed by atoms with E-state index in [1.807, 2.05) is 12.1 Å². The third-order valence-electron chi connectivity index (χ3n) is 3.55. The molecule has 0 fully saturated rings. The number of rotatable bonds is 5. The van der Waals surface area contributed by atoms with Crippen molar-refractivity contribution in [2.24, 2.45) is 0 Å². The molecule has 3 heteroatoms. The monoisotopic (exact) mass is 270 g/mol. The van der Waals surface area contributed by atoms with Gasteiger partial charge < -0.3 is 9.88 Å². The Morgan fingerprint density at radius 1 is 1.10 bits per heavy atom. The van der Waals surface area contributed by atoms with Gasteiger partial charge in [-0.25, -0.2) is 0 Å². The maximum Gasteiger partial charge on any atom is 0.222 e. The highest BCUT2D eigenvalue weighted by molar-refractivity contribution is 5.75. The number of carbonyl (C=O) groups is 1. The Balaban J connectivity index is 1.81. The van der Waals surface area contributed by atoms with Crippen molar-refractivity contribution >= 4 is 5.91 Å². The van der Waals surface area contributed by atoms with Crippen LogP contribution in [0.3, 0.4) is 0 Å². The Labute approximate surface area is 120 Å². The molecule has 106 valence electrons. The first kappa shape index (κ1) is 14.4. The van der Waals surface area contributed by atoms with Crippen LogP contribution in [0, 0.1) is 20.8 Å². The van der Waals surface area contributed by atoms with Crippen molar-refractivity contribution in [2.75, 3.05) is 0 Å². The largest absolute Gasteiger partial charge is 0.352 e. The summed E-state index contributed by atoms with van der Waals surface area (Å²) in [5.74, 6) is 0.0963. The number of nitrogens with one attached hydrogen (secondary N) is 1. The van der Waals surface area contributed by atoms with Crippen LogP contribution < -0.4 is 5.32 Å². The molecule has 0 aliphatic rings. The molecule has 1 amide bonds. The minimum Gasteiger partial charge on any atom is -0.352 e. The summed E-state index contributed by atoms with van der Waals surface area (Å²) in [6.07, 6.45) is 0.516. The van der Waals surface area contributed by atoms with E-state index in [1.165, 1.54) is 17.0 Å². The van der Waals surface area contributed by atoms with Crippen LogP contribution in [-0.2, 0) is 17.9 Å². The number of aryl methyl sites for hydroxylation is 3. The van der Waals surface area contributed by atoms with Gasteiger partial charge in [0, 0.05) is 30.9 Å². The molecule has 2 rings (SSSR count). The summed E-state index contributed by atoms with van der Waals surface area (Å²) >= 11 is 0. The molecule has 1 aromatic carbocycles. The second-order valence-electron chi connectivity index (χ2n) is 5.28. The molecule has 2 aromatic rings. The molecule has 0 bridgehead atoms. The SMILES string of the molecule is Cc1cccc(CNC(=O)CCn2c(C)ccc2C)c1. The van der Waals surface area contributed by atoms with Gasteiger partial charge in [0.05, 0.1) is 0 Å². The standard InChI is InChI=1S/C17H22N2O/c1-13-5-4-6-16(11-13)12-18-17(20)9-10-19-14(2)7-8-15(19)3/h4-8,11H,9-10,12H2,1-3H3,(H,18,20). The fourth-order valence-corrected chi connectivity index (χ4v) is 2.38. The summed E-state index contributed by atoms with van der Waals surface area (Å²) in [4.78, 5) is 11.9. The molecule has 1 aromatic heterocycles. The molecule has 0 spiro atoms. The molecule has 0 aliphatic heterocycles. The Morgan fingerprint density at radius 3 is 2.45 bits per heavy atom. The minimum atomic E-state index is 0.0963. The van der Waals surface area contributed by atoms with Gasteiger partial charge in [0.25, 0.3) is 0 Å². The van der Waals surface area contributed by atoms with Crippen molar-refractivity contribution < 1.29 is 4.79 Å². The average molecular weight is 270 g/mol. The topological polar surface area (TPSA) is 34.0 Å². The van der Waals surface area contributed by atoms with Gasteiger partial charge in [-0.3, -0.25) is 4.79 Å². The third kappa shape index (κ3) is 3.73. The molecule has 1 N–H and O–H groups in total. The summed E-state index contributed by atoms with van der Waals surface area (Å²) in [5.41, 5.74) is 4.77. The van der Waals surface area contributed by atoms with E-state index in [9.17, 15) is 4.79 Å². The van der Waals surface area contributed by atoms with Gasteiger partial charge in [-0.1, -0.05) is 29.8 Å². The average Bonchev–Trinajstić information content (AvgIpc) is 2.74. The number of amides is 1. The quantitative estimate of drug-likeness (QED) is 0.890. The lowest BCUT2D eigenvalue weighted by molar-refractivity contribution is -0.121. The maximum absolute atomic E-state index is 11.9. The van der Waals surface area contributed by atoms with Crippen molar-refractivity contribution in [2.45, 2.75) is 40.3 Å². The van der Waals surface area contributed by atoms with Crippen LogP contribution in [-0.4, -0.2) is 10.5 Å². The third-order valence-corrected chi connectivity index (χ3v) is 3.55. The molecule has 3 nitrogen and oxygen atoms in total. The van der Waals surface area contributed by atoms with Crippen LogP contribution in [0.15, 0.2) is 36.4 Å². The smallest absolute Gasteiger partial charge is 0.222 e. The van der Waals surface area contributed by atoms with E-state index in [0.717, 1.165) is 12.1 Å². The maximum atomic E-state index is 11.9. The number of hydrogen-bond donors (Lipinski definition) is 1. The predicted octanol–water partition coefficient (Wildman–Crippen LogP) is 3.12. The lowest BCUT2D eigenvalue weighted by Crippen LogP contribution is -2.24. The number of carbonyl (C=O) groups excluding carboxylic acids is 1. The van der Waals surface area contributed by atoms with Gasteiger partial charge in [0.2, 0.25) is 5.91 Å². The van der Waals surface area contributed by atoms with Crippen LogP contribution in [0.5, 0.6) is 0 Å². The van der Waals surface area contributed by atoms with Gasteiger partial charge in [-0.15, -0.1) is 0 Å². The van der Waals surface area contributed by atoms with Crippen LogP contribution >= 0.6 is 0 Å². The first-order valence-electron chi connectivity index (χ1n) is 7.01. The van der Waals surface area contributed by atoms with Crippen molar-refractivity contribution in [1.82, 2.24) is 9.88 Å². The Morgan fingerprint density at radius 2 is 1.80 bits per heavy atom.